The van der Waals surface area contributed by atoms with E-state index in [0.717, 1.165) is 42.9 Å². The van der Waals surface area contributed by atoms with Crippen LogP contribution in [0.25, 0.3) is 16.8 Å². The molecule has 0 spiro atoms. The fourth-order valence-corrected chi connectivity index (χ4v) is 4.78. The Hall–Kier alpha value is -4.10. The molecule has 1 amide bonds. The van der Waals surface area contributed by atoms with Crippen LogP contribution in [-0.4, -0.2) is 65.9 Å². The van der Waals surface area contributed by atoms with Gasteiger partial charge in [0.25, 0.3) is 5.91 Å². The van der Waals surface area contributed by atoms with Gasteiger partial charge >= 0.3 is 0 Å². The molecule has 1 saturated heterocycles. The Morgan fingerprint density at radius 1 is 0.838 bits per heavy atom. The van der Waals surface area contributed by atoms with Crippen molar-refractivity contribution in [3.05, 3.63) is 96.3 Å². The van der Waals surface area contributed by atoms with Crippen molar-refractivity contribution in [1.82, 2.24) is 19.6 Å². The largest absolute Gasteiger partial charge is 0.493 e. The van der Waals surface area contributed by atoms with E-state index < -0.39 is 0 Å². The van der Waals surface area contributed by atoms with Crippen LogP contribution in [-0.2, 0) is 6.54 Å². The van der Waals surface area contributed by atoms with Gasteiger partial charge in [0, 0.05) is 44.5 Å². The highest BCUT2D eigenvalue weighted by atomic mass is 16.5. The van der Waals surface area contributed by atoms with E-state index in [4.69, 9.17) is 14.6 Å². The fraction of sp³-hybridized carbons (Fsp3) is 0.267. The molecule has 190 valence electrons. The number of carbonyl (C=O) groups is 1. The molecule has 5 rings (SSSR count). The molecule has 3 aromatic carbocycles. The molecule has 4 aromatic rings. The molecule has 1 fully saturated rings. The third-order valence-corrected chi connectivity index (χ3v) is 6.76. The number of para-hydroxylation sites is 1. The summed E-state index contributed by atoms with van der Waals surface area (Å²) in [6.07, 6.45) is 2.84. The first-order valence-corrected chi connectivity index (χ1v) is 12.6. The average Bonchev–Trinajstić information content (AvgIpc) is 3.27. The highest BCUT2D eigenvalue weighted by molar-refractivity contribution is 5.99. The van der Waals surface area contributed by atoms with Crippen molar-refractivity contribution in [1.29, 1.82) is 0 Å². The Bertz CT molecular complexity index is 1340. The highest BCUT2D eigenvalue weighted by Gasteiger charge is 2.26. The molecular weight excluding hydrogens is 464 g/mol. The molecule has 0 atom stereocenters. The number of nitrogens with zero attached hydrogens (tertiary/aromatic N) is 4. The first kappa shape index (κ1) is 24.6. The van der Waals surface area contributed by atoms with Gasteiger partial charge in [-0.15, -0.1) is 0 Å². The Balaban J connectivity index is 1.44. The van der Waals surface area contributed by atoms with E-state index in [1.165, 1.54) is 5.56 Å². The average molecular weight is 497 g/mol. The minimum absolute atomic E-state index is 0.0546. The molecule has 1 aliphatic rings. The van der Waals surface area contributed by atoms with E-state index in [2.05, 4.69) is 29.2 Å². The minimum Gasteiger partial charge on any atom is -0.493 e. The molecule has 7 heteroatoms. The van der Waals surface area contributed by atoms with Crippen LogP contribution in [0.3, 0.4) is 0 Å². The minimum atomic E-state index is -0.0546. The smallest absolute Gasteiger partial charge is 0.275 e. The predicted molar refractivity (Wildman–Crippen MR) is 144 cm³/mol. The van der Waals surface area contributed by atoms with Crippen molar-refractivity contribution in [2.45, 2.75) is 13.0 Å². The lowest BCUT2D eigenvalue weighted by Crippen LogP contribution is -2.35. The van der Waals surface area contributed by atoms with E-state index in [9.17, 15) is 4.79 Å². The monoisotopic (exact) mass is 496 g/mol. The number of ether oxygens (including phenoxy) is 2. The standard InChI is InChI=1S/C30H32N4O3/c1-36-27-15-14-24(20-28(27)37-2)26-22-34(25-12-7-4-8-13-25)31-29(26)30(35)33-17-9-16-32(18-19-33)21-23-10-5-3-6-11-23/h3-8,10-15,20,22H,9,16-19,21H2,1-2H3. The van der Waals surface area contributed by atoms with Crippen molar-refractivity contribution in [2.24, 2.45) is 0 Å². The topological polar surface area (TPSA) is 59.8 Å². The summed E-state index contributed by atoms with van der Waals surface area (Å²) in [6.45, 7) is 4.04. The van der Waals surface area contributed by atoms with Gasteiger partial charge in [-0.3, -0.25) is 9.69 Å². The van der Waals surface area contributed by atoms with Gasteiger partial charge < -0.3 is 14.4 Å². The Morgan fingerprint density at radius 3 is 2.30 bits per heavy atom. The van der Waals surface area contributed by atoms with Crippen LogP contribution in [0.1, 0.15) is 22.5 Å². The second kappa shape index (κ2) is 11.3. The maximum Gasteiger partial charge on any atom is 0.275 e. The van der Waals surface area contributed by atoms with E-state index in [0.29, 0.717) is 30.3 Å². The third kappa shape index (κ3) is 5.52. The predicted octanol–water partition coefficient (Wildman–Crippen LogP) is 4.90. The Morgan fingerprint density at radius 2 is 1.57 bits per heavy atom. The van der Waals surface area contributed by atoms with Gasteiger partial charge in [-0.05, 0) is 41.8 Å². The van der Waals surface area contributed by atoms with Crippen LogP contribution in [0.15, 0.2) is 85.1 Å². The lowest BCUT2D eigenvalue weighted by atomic mass is 10.0. The Labute approximate surface area is 217 Å². The molecule has 0 bridgehead atoms. The van der Waals surface area contributed by atoms with Crippen LogP contribution < -0.4 is 9.47 Å². The van der Waals surface area contributed by atoms with E-state index in [1.807, 2.05) is 65.7 Å². The zero-order valence-electron chi connectivity index (χ0n) is 21.3. The summed E-state index contributed by atoms with van der Waals surface area (Å²) < 4.78 is 12.7. The zero-order chi connectivity index (χ0) is 25.6. The molecule has 0 aliphatic carbocycles. The van der Waals surface area contributed by atoms with Crippen LogP contribution in [0, 0.1) is 0 Å². The van der Waals surface area contributed by atoms with Gasteiger partial charge in [-0.1, -0.05) is 54.6 Å². The van der Waals surface area contributed by atoms with Crippen LogP contribution >= 0.6 is 0 Å². The first-order valence-electron chi connectivity index (χ1n) is 12.6. The molecule has 1 aliphatic heterocycles. The number of benzene rings is 3. The summed E-state index contributed by atoms with van der Waals surface area (Å²) in [7, 11) is 3.22. The summed E-state index contributed by atoms with van der Waals surface area (Å²) in [5, 5.41) is 4.79. The molecule has 0 N–H and O–H groups in total. The zero-order valence-corrected chi connectivity index (χ0v) is 21.3. The number of rotatable bonds is 7. The second-order valence-electron chi connectivity index (χ2n) is 9.15. The van der Waals surface area contributed by atoms with Crippen molar-refractivity contribution < 1.29 is 14.3 Å². The number of methoxy groups -OCH3 is 2. The van der Waals surface area contributed by atoms with Crippen LogP contribution in [0.5, 0.6) is 11.5 Å². The van der Waals surface area contributed by atoms with Gasteiger partial charge in [0.1, 0.15) is 0 Å². The SMILES string of the molecule is COc1ccc(-c2cn(-c3ccccc3)nc2C(=O)N2CCCN(Cc3ccccc3)CC2)cc1OC. The number of hydrogen-bond acceptors (Lipinski definition) is 5. The summed E-state index contributed by atoms with van der Waals surface area (Å²) in [6, 6.07) is 26.0. The number of aromatic nitrogens is 2. The summed E-state index contributed by atoms with van der Waals surface area (Å²) >= 11 is 0. The number of amides is 1. The van der Waals surface area contributed by atoms with Crippen LogP contribution in [0.2, 0.25) is 0 Å². The van der Waals surface area contributed by atoms with Gasteiger partial charge in [0.15, 0.2) is 17.2 Å². The van der Waals surface area contributed by atoms with Crippen LogP contribution in [0.4, 0.5) is 0 Å². The lowest BCUT2D eigenvalue weighted by molar-refractivity contribution is 0.0755. The molecule has 7 nitrogen and oxygen atoms in total. The molecule has 0 saturated carbocycles. The summed E-state index contributed by atoms with van der Waals surface area (Å²) in [4.78, 5) is 18.3. The van der Waals surface area contributed by atoms with Gasteiger partial charge in [0.2, 0.25) is 0 Å². The second-order valence-corrected chi connectivity index (χ2v) is 9.15. The van der Waals surface area contributed by atoms with Crippen molar-refractivity contribution >= 4 is 5.91 Å². The van der Waals surface area contributed by atoms with E-state index >= 15 is 0 Å². The Kier molecular flexibility index (Phi) is 7.51. The van der Waals surface area contributed by atoms with Crippen molar-refractivity contribution in [3.8, 4) is 28.3 Å². The molecule has 0 unspecified atom stereocenters. The maximum absolute atomic E-state index is 13.9. The van der Waals surface area contributed by atoms with Gasteiger partial charge in [-0.25, -0.2) is 4.68 Å². The van der Waals surface area contributed by atoms with Crippen molar-refractivity contribution in [2.75, 3.05) is 40.4 Å². The van der Waals surface area contributed by atoms with Gasteiger partial charge in [0.05, 0.1) is 19.9 Å². The molecule has 2 heterocycles. The van der Waals surface area contributed by atoms with Crippen molar-refractivity contribution in [3.63, 3.8) is 0 Å². The molecule has 37 heavy (non-hydrogen) atoms. The lowest BCUT2D eigenvalue weighted by Gasteiger charge is -2.22. The van der Waals surface area contributed by atoms with E-state index in [1.54, 1.807) is 18.9 Å². The summed E-state index contributed by atoms with van der Waals surface area (Å²) in [5.74, 6) is 1.19. The number of carbonyl (C=O) groups excluding carboxylic acids is 1. The molecule has 0 radical (unpaired) electrons. The molecular formula is C30H32N4O3. The summed E-state index contributed by atoms with van der Waals surface area (Å²) in [5.41, 5.74) is 4.24. The first-order chi connectivity index (χ1) is 18.2. The molecule has 1 aromatic heterocycles. The normalized spacial score (nSPS) is 14.3. The third-order valence-electron chi connectivity index (χ3n) is 6.76. The number of hydrogen-bond donors (Lipinski definition) is 0. The quantitative estimate of drug-likeness (QED) is 0.364. The van der Waals surface area contributed by atoms with E-state index in [-0.39, 0.29) is 5.91 Å². The fourth-order valence-electron chi connectivity index (χ4n) is 4.78. The highest BCUT2D eigenvalue weighted by Crippen LogP contribution is 2.34. The van der Waals surface area contributed by atoms with Gasteiger partial charge in [-0.2, -0.15) is 5.10 Å². The maximum atomic E-state index is 13.9.